The summed E-state index contributed by atoms with van der Waals surface area (Å²) in [5.74, 6) is 0.439. The molecule has 2 aromatic carbocycles. The van der Waals surface area contributed by atoms with E-state index in [0.29, 0.717) is 13.0 Å². The predicted octanol–water partition coefficient (Wildman–Crippen LogP) is 4.00. The van der Waals surface area contributed by atoms with E-state index in [9.17, 15) is 14.0 Å². The molecule has 2 aromatic rings. The highest BCUT2D eigenvalue weighted by molar-refractivity contribution is 7.99. The number of halogens is 1. The third-order valence-electron chi connectivity index (χ3n) is 4.34. The summed E-state index contributed by atoms with van der Waals surface area (Å²) < 4.78 is 13.2. The molecule has 0 fully saturated rings. The molecule has 1 atom stereocenters. The van der Waals surface area contributed by atoms with Crippen LogP contribution in [0.3, 0.4) is 0 Å². The lowest BCUT2D eigenvalue weighted by atomic mass is 10.1. The number of nitrogens with one attached hydrogen (secondary N) is 1. The molecule has 0 heterocycles. The van der Waals surface area contributed by atoms with Crippen LogP contribution < -0.4 is 5.32 Å². The van der Waals surface area contributed by atoms with Gasteiger partial charge in [0.1, 0.15) is 11.9 Å². The number of amides is 2. The third-order valence-corrected chi connectivity index (χ3v) is 5.33. The Morgan fingerprint density at radius 2 is 1.71 bits per heavy atom. The monoisotopic (exact) mass is 402 g/mol. The summed E-state index contributed by atoms with van der Waals surface area (Å²) >= 11 is 1.53. The van der Waals surface area contributed by atoms with Gasteiger partial charge in [-0.15, -0.1) is 11.8 Å². The highest BCUT2D eigenvalue weighted by Crippen LogP contribution is 2.17. The summed E-state index contributed by atoms with van der Waals surface area (Å²) in [4.78, 5) is 27.1. The Bertz CT molecular complexity index is 753. The maximum Gasteiger partial charge on any atom is 0.242 e. The van der Waals surface area contributed by atoms with Crippen molar-refractivity contribution >= 4 is 23.6 Å². The smallest absolute Gasteiger partial charge is 0.242 e. The lowest BCUT2D eigenvalue weighted by Gasteiger charge is -2.30. The van der Waals surface area contributed by atoms with E-state index in [1.807, 2.05) is 44.2 Å². The van der Waals surface area contributed by atoms with E-state index in [0.717, 1.165) is 16.9 Å². The van der Waals surface area contributed by atoms with E-state index in [-0.39, 0.29) is 29.9 Å². The van der Waals surface area contributed by atoms with Crippen LogP contribution in [0.15, 0.2) is 54.6 Å². The second-order valence-electron chi connectivity index (χ2n) is 6.45. The largest absolute Gasteiger partial charge is 0.355 e. The number of hydrogen-bond acceptors (Lipinski definition) is 3. The van der Waals surface area contributed by atoms with E-state index in [2.05, 4.69) is 5.32 Å². The number of thioether (sulfide) groups is 1. The summed E-state index contributed by atoms with van der Waals surface area (Å²) in [5, 5.41) is 2.81. The van der Waals surface area contributed by atoms with E-state index in [1.165, 1.54) is 23.9 Å². The number of likely N-dealkylation sites (N-methyl/N-ethyl adjacent to an activating group) is 1. The molecule has 0 aliphatic heterocycles. The zero-order valence-electron chi connectivity index (χ0n) is 16.4. The maximum atomic E-state index is 13.2. The van der Waals surface area contributed by atoms with Gasteiger partial charge >= 0.3 is 0 Å². The summed E-state index contributed by atoms with van der Waals surface area (Å²) in [5.41, 5.74) is 1.95. The van der Waals surface area contributed by atoms with Crippen molar-refractivity contribution in [2.45, 2.75) is 38.6 Å². The van der Waals surface area contributed by atoms with Crippen molar-refractivity contribution in [2.75, 3.05) is 12.3 Å². The Morgan fingerprint density at radius 1 is 1.04 bits per heavy atom. The molecule has 2 rings (SSSR count). The number of carbonyl (C=O) groups excluding carboxylic acids is 2. The molecule has 1 N–H and O–H groups in total. The number of rotatable bonds is 10. The molecule has 0 saturated carbocycles. The molecular weight excluding hydrogens is 375 g/mol. The van der Waals surface area contributed by atoms with Crippen LogP contribution in [0.1, 0.15) is 31.4 Å². The van der Waals surface area contributed by atoms with Crippen molar-refractivity contribution in [1.82, 2.24) is 10.2 Å². The fourth-order valence-corrected chi connectivity index (χ4v) is 3.78. The average molecular weight is 403 g/mol. The van der Waals surface area contributed by atoms with Gasteiger partial charge in [0.2, 0.25) is 11.8 Å². The molecule has 2 amide bonds. The first-order valence-electron chi connectivity index (χ1n) is 9.48. The fourth-order valence-electron chi connectivity index (χ4n) is 2.91. The summed E-state index contributed by atoms with van der Waals surface area (Å²) in [6, 6.07) is 15.5. The third kappa shape index (κ3) is 6.68. The fraction of sp³-hybridized carbons (Fsp3) is 0.364. The molecule has 0 bridgehead atoms. The van der Waals surface area contributed by atoms with Crippen molar-refractivity contribution < 1.29 is 14.0 Å². The Hall–Kier alpha value is -2.34. The number of nitrogens with zero attached hydrogens (tertiary/aromatic N) is 1. The Labute approximate surface area is 170 Å². The van der Waals surface area contributed by atoms with Crippen LogP contribution in [0, 0.1) is 5.82 Å². The minimum absolute atomic E-state index is 0.0941. The molecule has 4 nitrogen and oxygen atoms in total. The van der Waals surface area contributed by atoms with E-state index in [1.54, 1.807) is 17.0 Å². The summed E-state index contributed by atoms with van der Waals surface area (Å²) in [6.07, 6.45) is 0.516. The van der Waals surface area contributed by atoms with Gasteiger partial charge < -0.3 is 10.2 Å². The molecule has 0 radical (unpaired) electrons. The molecule has 6 heteroatoms. The molecule has 1 unspecified atom stereocenters. The van der Waals surface area contributed by atoms with E-state index < -0.39 is 6.04 Å². The van der Waals surface area contributed by atoms with E-state index in [4.69, 9.17) is 0 Å². The molecule has 150 valence electrons. The number of carbonyl (C=O) groups is 2. The first-order chi connectivity index (χ1) is 13.5. The minimum Gasteiger partial charge on any atom is -0.355 e. The van der Waals surface area contributed by atoms with E-state index >= 15 is 0 Å². The van der Waals surface area contributed by atoms with Crippen molar-refractivity contribution in [2.24, 2.45) is 0 Å². The number of benzene rings is 2. The SMILES string of the molecule is CCNC(=O)C(CC)N(Cc1ccc(F)cc1)C(=O)CSCc1ccccc1. The predicted molar refractivity (Wildman–Crippen MR) is 112 cm³/mol. The highest BCUT2D eigenvalue weighted by atomic mass is 32.2. The zero-order valence-corrected chi connectivity index (χ0v) is 17.2. The van der Waals surface area contributed by atoms with Gasteiger partial charge in [-0.05, 0) is 36.6 Å². The van der Waals surface area contributed by atoms with Crippen LogP contribution in [0.4, 0.5) is 4.39 Å². The molecule has 0 aromatic heterocycles. The van der Waals surface area contributed by atoms with Crippen LogP contribution in [-0.2, 0) is 21.9 Å². The maximum absolute atomic E-state index is 13.2. The molecule has 0 aliphatic carbocycles. The zero-order chi connectivity index (χ0) is 20.4. The second-order valence-corrected chi connectivity index (χ2v) is 7.43. The minimum atomic E-state index is -0.546. The van der Waals surface area contributed by atoms with Crippen molar-refractivity contribution in [3.05, 3.63) is 71.5 Å². The average Bonchev–Trinajstić information content (AvgIpc) is 2.70. The summed E-state index contributed by atoms with van der Waals surface area (Å²) in [7, 11) is 0. The number of hydrogen-bond donors (Lipinski definition) is 1. The van der Waals surface area contributed by atoms with Crippen molar-refractivity contribution in [3.8, 4) is 0 Å². The van der Waals surface area contributed by atoms with Crippen molar-refractivity contribution in [1.29, 1.82) is 0 Å². The van der Waals surface area contributed by atoms with Crippen LogP contribution >= 0.6 is 11.8 Å². The molecule has 0 aliphatic rings. The normalized spacial score (nSPS) is 11.7. The van der Waals surface area contributed by atoms with Crippen LogP contribution in [0.5, 0.6) is 0 Å². The van der Waals surface area contributed by atoms with Crippen LogP contribution in [0.2, 0.25) is 0 Å². The Morgan fingerprint density at radius 3 is 2.32 bits per heavy atom. The lowest BCUT2D eigenvalue weighted by molar-refractivity contribution is -0.139. The van der Waals surface area contributed by atoms with Gasteiger partial charge in [0.05, 0.1) is 5.75 Å². The Balaban J connectivity index is 2.09. The molecular formula is C22H27FN2O2S. The molecule has 0 saturated heterocycles. The quantitative estimate of drug-likeness (QED) is 0.653. The van der Waals surface area contributed by atoms with Gasteiger partial charge in [0.15, 0.2) is 0 Å². The highest BCUT2D eigenvalue weighted by Gasteiger charge is 2.28. The van der Waals surface area contributed by atoms with Crippen LogP contribution in [0.25, 0.3) is 0 Å². The molecule has 0 spiro atoms. The van der Waals surface area contributed by atoms with Crippen molar-refractivity contribution in [3.63, 3.8) is 0 Å². The van der Waals surface area contributed by atoms with Gasteiger partial charge in [-0.3, -0.25) is 9.59 Å². The van der Waals surface area contributed by atoms with Gasteiger partial charge in [-0.1, -0.05) is 49.4 Å². The van der Waals surface area contributed by atoms with Gasteiger partial charge in [-0.25, -0.2) is 4.39 Å². The Kier molecular flexibility index (Phi) is 9.01. The molecule has 28 heavy (non-hydrogen) atoms. The summed E-state index contributed by atoms with van der Waals surface area (Å²) in [6.45, 7) is 4.53. The topological polar surface area (TPSA) is 49.4 Å². The van der Waals surface area contributed by atoms with Crippen LogP contribution in [-0.4, -0.2) is 35.1 Å². The standard InChI is InChI=1S/C22H27FN2O2S/c1-3-20(22(27)24-4-2)25(14-17-10-12-19(23)13-11-17)21(26)16-28-15-18-8-6-5-7-9-18/h5-13,20H,3-4,14-16H2,1-2H3,(H,24,27). The second kappa shape index (κ2) is 11.5. The van der Waals surface area contributed by atoms with Gasteiger partial charge in [0, 0.05) is 18.8 Å². The van der Waals surface area contributed by atoms with Gasteiger partial charge in [0.25, 0.3) is 0 Å². The first-order valence-corrected chi connectivity index (χ1v) is 10.6. The first kappa shape index (κ1) is 22.0. The lowest BCUT2D eigenvalue weighted by Crippen LogP contribution is -2.49. The van der Waals surface area contributed by atoms with Gasteiger partial charge in [-0.2, -0.15) is 0 Å².